The Morgan fingerprint density at radius 3 is 2.60 bits per heavy atom. The number of allylic oxidation sites excluding steroid dienone is 1. The van der Waals surface area contributed by atoms with Gasteiger partial charge in [0.05, 0.1) is 30.5 Å². The molecule has 2 unspecified atom stereocenters. The van der Waals surface area contributed by atoms with E-state index in [4.69, 9.17) is 14.2 Å². The third-order valence-corrected chi connectivity index (χ3v) is 5.45. The van der Waals surface area contributed by atoms with Gasteiger partial charge in [-0.2, -0.15) is 8.75 Å². The summed E-state index contributed by atoms with van der Waals surface area (Å²) in [6, 6.07) is 5.55. The lowest BCUT2D eigenvalue weighted by atomic mass is 9.75. The molecule has 0 fully saturated rings. The average Bonchev–Trinajstić information content (AvgIpc) is 3.19. The zero-order valence-electron chi connectivity index (χ0n) is 17.5. The average molecular weight is 432 g/mol. The third-order valence-electron chi connectivity index (χ3n) is 4.91. The minimum absolute atomic E-state index is 0.116. The maximum absolute atomic E-state index is 13.1. The lowest BCUT2D eigenvalue weighted by molar-refractivity contribution is -0.146. The van der Waals surface area contributed by atoms with Gasteiger partial charge in [0, 0.05) is 23.9 Å². The Bertz CT molecular complexity index is 997. The molecule has 3 rings (SSSR count). The fourth-order valence-corrected chi connectivity index (χ4v) is 4.23. The van der Waals surface area contributed by atoms with Crippen LogP contribution in [0.4, 0.5) is 0 Å². The Labute approximate surface area is 179 Å². The molecule has 8 nitrogen and oxygen atoms in total. The van der Waals surface area contributed by atoms with Gasteiger partial charge in [0.15, 0.2) is 0 Å². The van der Waals surface area contributed by atoms with E-state index in [2.05, 4.69) is 13.7 Å². The minimum atomic E-state index is -0.754. The third kappa shape index (κ3) is 4.41. The van der Waals surface area contributed by atoms with Crippen molar-refractivity contribution < 1.29 is 23.8 Å². The number of benzene rings is 1. The molecule has 0 saturated heterocycles. The maximum atomic E-state index is 13.1. The number of ether oxygens (including phenoxy) is 3. The highest BCUT2D eigenvalue weighted by Gasteiger charge is 2.43. The van der Waals surface area contributed by atoms with E-state index in [1.807, 2.05) is 25.1 Å². The molecule has 1 aromatic carbocycles. The smallest absolute Gasteiger partial charge is 0.336 e. The predicted octanol–water partition coefficient (Wildman–Crippen LogP) is 3.28. The zero-order valence-corrected chi connectivity index (χ0v) is 18.3. The summed E-state index contributed by atoms with van der Waals surface area (Å²) >= 11 is 1.09. The van der Waals surface area contributed by atoms with Crippen molar-refractivity contribution in [3.63, 3.8) is 0 Å². The Morgan fingerprint density at radius 2 is 1.87 bits per heavy atom. The quantitative estimate of drug-likeness (QED) is 0.467. The molecule has 0 spiro atoms. The van der Waals surface area contributed by atoms with Crippen LogP contribution in [0.3, 0.4) is 0 Å². The van der Waals surface area contributed by atoms with Crippen LogP contribution in [0, 0.1) is 5.92 Å². The van der Waals surface area contributed by atoms with E-state index >= 15 is 0 Å². The summed E-state index contributed by atoms with van der Waals surface area (Å²) in [5.41, 5.74) is 3.52. The fraction of sp³-hybridized carbons (Fsp3) is 0.476. The van der Waals surface area contributed by atoms with Gasteiger partial charge in [-0.15, -0.1) is 0 Å². The van der Waals surface area contributed by atoms with E-state index in [1.54, 1.807) is 20.8 Å². The van der Waals surface area contributed by atoms with Gasteiger partial charge in [0.25, 0.3) is 0 Å². The van der Waals surface area contributed by atoms with Crippen molar-refractivity contribution in [1.29, 1.82) is 0 Å². The maximum Gasteiger partial charge on any atom is 0.336 e. The van der Waals surface area contributed by atoms with E-state index in [0.29, 0.717) is 41.2 Å². The minimum Gasteiger partial charge on any atom is -0.465 e. The van der Waals surface area contributed by atoms with Crippen LogP contribution >= 0.6 is 11.7 Å². The van der Waals surface area contributed by atoms with Crippen LogP contribution in [0.15, 0.2) is 34.5 Å². The van der Waals surface area contributed by atoms with Gasteiger partial charge >= 0.3 is 11.9 Å². The Balaban J connectivity index is 2.09. The molecule has 1 aliphatic heterocycles. The first kappa shape index (κ1) is 22.0. The van der Waals surface area contributed by atoms with Crippen LogP contribution in [0.5, 0.6) is 0 Å². The Kier molecular flexibility index (Phi) is 7.28. The number of fused-ring (bicyclic) bond motifs is 1. The first-order valence-corrected chi connectivity index (χ1v) is 10.6. The Hall–Kier alpha value is -2.65. The SMILES string of the molecule is CCOCCOC(=O)C1=C(C)N=C(C)C(C(=O)OCC)C1c1cccc2nsnc12. The number of esters is 2. The van der Waals surface area contributed by atoms with E-state index < -0.39 is 23.8 Å². The van der Waals surface area contributed by atoms with Gasteiger partial charge in [0.2, 0.25) is 0 Å². The number of carbonyl (C=O) groups is 2. The molecular weight excluding hydrogens is 406 g/mol. The molecule has 30 heavy (non-hydrogen) atoms. The molecular formula is C21H25N3O5S. The normalized spacial score (nSPS) is 19.0. The second kappa shape index (κ2) is 9.90. The second-order valence-electron chi connectivity index (χ2n) is 6.77. The molecule has 2 aromatic rings. The van der Waals surface area contributed by atoms with Gasteiger partial charge < -0.3 is 14.2 Å². The molecule has 0 saturated carbocycles. The van der Waals surface area contributed by atoms with Crippen LogP contribution < -0.4 is 0 Å². The molecule has 0 aliphatic carbocycles. The molecule has 0 amide bonds. The van der Waals surface area contributed by atoms with Crippen LogP contribution in [-0.2, 0) is 23.8 Å². The van der Waals surface area contributed by atoms with Gasteiger partial charge in [0.1, 0.15) is 23.6 Å². The highest BCUT2D eigenvalue weighted by Crippen LogP contribution is 2.42. The predicted molar refractivity (Wildman–Crippen MR) is 114 cm³/mol. The number of nitrogens with zero attached hydrogens (tertiary/aromatic N) is 3. The monoisotopic (exact) mass is 431 g/mol. The summed E-state index contributed by atoms with van der Waals surface area (Å²) in [6.07, 6.45) is 0. The van der Waals surface area contributed by atoms with Crippen LogP contribution in [0.1, 0.15) is 39.2 Å². The van der Waals surface area contributed by atoms with E-state index in [1.165, 1.54) is 0 Å². The molecule has 2 heterocycles. The van der Waals surface area contributed by atoms with Crippen molar-refractivity contribution in [2.75, 3.05) is 26.4 Å². The summed E-state index contributed by atoms with van der Waals surface area (Å²) in [6.45, 7) is 8.32. The van der Waals surface area contributed by atoms with Gasteiger partial charge in [-0.05, 0) is 39.3 Å². The molecule has 0 N–H and O–H groups in total. The molecule has 1 aromatic heterocycles. The summed E-state index contributed by atoms with van der Waals surface area (Å²) in [5, 5.41) is 0. The number of rotatable bonds is 8. The second-order valence-corrected chi connectivity index (χ2v) is 7.30. The molecule has 9 heteroatoms. The number of hydrogen-bond donors (Lipinski definition) is 0. The van der Waals surface area contributed by atoms with Crippen molar-refractivity contribution in [3.8, 4) is 0 Å². The van der Waals surface area contributed by atoms with Gasteiger partial charge in [-0.3, -0.25) is 9.79 Å². The Morgan fingerprint density at radius 1 is 1.07 bits per heavy atom. The standard InChI is InChI=1S/C21H25N3O5S/c1-5-27-10-11-29-21(26)17-13(4)22-12(3)16(20(25)28-6-2)18(17)14-8-7-9-15-19(14)24-30-23-15/h7-9,16,18H,5-6,10-11H2,1-4H3. The molecule has 160 valence electrons. The van der Waals surface area contributed by atoms with Gasteiger partial charge in [-0.25, -0.2) is 4.79 Å². The van der Waals surface area contributed by atoms with Crippen molar-refractivity contribution in [2.24, 2.45) is 10.9 Å². The molecule has 0 radical (unpaired) electrons. The van der Waals surface area contributed by atoms with Crippen molar-refractivity contribution in [1.82, 2.24) is 8.75 Å². The zero-order chi connectivity index (χ0) is 21.7. The highest BCUT2D eigenvalue weighted by atomic mass is 32.1. The number of aliphatic imine (C=N–C) groups is 1. The molecule has 1 aliphatic rings. The first-order valence-electron chi connectivity index (χ1n) is 9.88. The summed E-state index contributed by atoms with van der Waals surface area (Å²) in [4.78, 5) is 30.5. The molecule has 0 bridgehead atoms. The number of aromatic nitrogens is 2. The van der Waals surface area contributed by atoms with Crippen molar-refractivity contribution >= 4 is 40.4 Å². The van der Waals surface area contributed by atoms with Crippen molar-refractivity contribution in [3.05, 3.63) is 35.0 Å². The summed E-state index contributed by atoms with van der Waals surface area (Å²) < 4.78 is 24.7. The van der Waals surface area contributed by atoms with E-state index in [9.17, 15) is 9.59 Å². The number of carbonyl (C=O) groups excluding carboxylic acids is 2. The fourth-order valence-electron chi connectivity index (χ4n) is 3.67. The van der Waals surface area contributed by atoms with E-state index in [0.717, 1.165) is 17.3 Å². The lowest BCUT2D eigenvalue weighted by Gasteiger charge is -2.31. The summed E-state index contributed by atoms with van der Waals surface area (Å²) in [7, 11) is 0. The van der Waals surface area contributed by atoms with Crippen molar-refractivity contribution in [2.45, 2.75) is 33.6 Å². The number of hydrogen-bond acceptors (Lipinski definition) is 9. The highest BCUT2D eigenvalue weighted by molar-refractivity contribution is 7.00. The lowest BCUT2D eigenvalue weighted by Crippen LogP contribution is -2.36. The van der Waals surface area contributed by atoms with E-state index in [-0.39, 0.29) is 13.2 Å². The largest absolute Gasteiger partial charge is 0.465 e. The van der Waals surface area contributed by atoms with Crippen LogP contribution in [-0.4, -0.2) is 52.8 Å². The van der Waals surface area contributed by atoms with Gasteiger partial charge in [-0.1, -0.05) is 12.1 Å². The molecule has 2 atom stereocenters. The summed E-state index contributed by atoms with van der Waals surface area (Å²) in [5.74, 6) is -2.34. The topological polar surface area (TPSA) is 100.0 Å². The first-order chi connectivity index (χ1) is 14.5. The van der Waals surface area contributed by atoms with Crippen LogP contribution in [0.25, 0.3) is 11.0 Å². The van der Waals surface area contributed by atoms with Crippen LogP contribution in [0.2, 0.25) is 0 Å².